The van der Waals surface area contributed by atoms with Crippen LogP contribution in [0, 0.1) is 3.57 Å². The molecule has 0 fully saturated rings. The summed E-state index contributed by atoms with van der Waals surface area (Å²) in [6.45, 7) is 2.57. The lowest BCUT2D eigenvalue weighted by Gasteiger charge is -2.02. The van der Waals surface area contributed by atoms with Crippen LogP contribution in [0.5, 0.6) is 0 Å². The first-order valence-electron chi connectivity index (χ1n) is 4.28. The number of nitrogens with zero attached hydrogens (tertiary/aromatic N) is 2. The van der Waals surface area contributed by atoms with Crippen molar-refractivity contribution in [3.8, 4) is 0 Å². The zero-order valence-corrected chi connectivity index (χ0v) is 10.8. The molecule has 1 aromatic rings. The number of halogens is 1. The Kier molecular flexibility index (Phi) is 5.31. The Bertz CT molecular complexity index is 304. The second-order valence-corrected chi connectivity index (χ2v) is 5.70. The van der Waals surface area contributed by atoms with E-state index in [1.807, 2.05) is 6.92 Å². The van der Waals surface area contributed by atoms with Crippen molar-refractivity contribution < 1.29 is 4.21 Å². The lowest BCUT2D eigenvalue weighted by Crippen LogP contribution is -2.13. The van der Waals surface area contributed by atoms with Crippen molar-refractivity contribution in [2.45, 2.75) is 6.92 Å². The molecule has 0 bridgehead atoms. The Morgan fingerprint density at radius 3 is 2.71 bits per heavy atom. The monoisotopic (exact) mass is 325 g/mol. The highest BCUT2D eigenvalue weighted by atomic mass is 127. The Balaban J connectivity index is 2.31. The van der Waals surface area contributed by atoms with Gasteiger partial charge in [0, 0.05) is 44.8 Å². The van der Waals surface area contributed by atoms with Crippen molar-refractivity contribution in [1.29, 1.82) is 0 Å². The zero-order chi connectivity index (χ0) is 10.4. The summed E-state index contributed by atoms with van der Waals surface area (Å²) in [6, 6.07) is 0. The van der Waals surface area contributed by atoms with Gasteiger partial charge in [0.1, 0.15) is 0 Å². The van der Waals surface area contributed by atoms with Crippen LogP contribution in [0.15, 0.2) is 12.4 Å². The molecule has 0 saturated carbocycles. The van der Waals surface area contributed by atoms with Gasteiger partial charge < -0.3 is 5.32 Å². The molecule has 1 rings (SSSR count). The van der Waals surface area contributed by atoms with E-state index in [1.54, 1.807) is 12.4 Å². The first-order chi connectivity index (χ1) is 6.72. The van der Waals surface area contributed by atoms with Crippen molar-refractivity contribution in [3.63, 3.8) is 0 Å². The minimum atomic E-state index is -0.725. The summed E-state index contributed by atoms with van der Waals surface area (Å²) in [6.07, 6.45) is 3.49. The minimum absolute atomic E-state index is 0.596. The van der Waals surface area contributed by atoms with Gasteiger partial charge in [0.25, 0.3) is 0 Å². The maximum atomic E-state index is 11.1. The molecule has 78 valence electrons. The molecule has 0 saturated heterocycles. The van der Waals surface area contributed by atoms with Gasteiger partial charge in [-0.15, -0.1) is 0 Å². The van der Waals surface area contributed by atoms with Crippen LogP contribution in [-0.4, -0.2) is 32.2 Å². The van der Waals surface area contributed by atoms with E-state index in [2.05, 4.69) is 37.9 Å². The van der Waals surface area contributed by atoms with E-state index < -0.39 is 10.8 Å². The molecule has 0 aliphatic heterocycles. The molecule has 0 aliphatic carbocycles. The standard InChI is InChI=1S/C8H12IN3OS/c1-2-14(13)4-3-10-8-11-5-7(9)6-12-8/h5-6H,2-4H2,1H3,(H,10,11,12). The van der Waals surface area contributed by atoms with Gasteiger partial charge in [-0.1, -0.05) is 6.92 Å². The number of aromatic nitrogens is 2. The molecule has 1 atom stereocenters. The van der Waals surface area contributed by atoms with Gasteiger partial charge in [-0.05, 0) is 22.6 Å². The molecule has 4 nitrogen and oxygen atoms in total. The fourth-order valence-corrected chi connectivity index (χ4v) is 1.72. The summed E-state index contributed by atoms with van der Waals surface area (Å²) in [5.41, 5.74) is 0. The van der Waals surface area contributed by atoms with E-state index in [-0.39, 0.29) is 0 Å². The van der Waals surface area contributed by atoms with E-state index in [1.165, 1.54) is 0 Å². The number of rotatable bonds is 5. The highest BCUT2D eigenvalue weighted by molar-refractivity contribution is 14.1. The van der Waals surface area contributed by atoms with E-state index in [0.717, 1.165) is 3.57 Å². The molecule has 1 unspecified atom stereocenters. The quantitative estimate of drug-likeness (QED) is 0.828. The molecular weight excluding hydrogens is 313 g/mol. The molecule has 1 heterocycles. The number of nitrogens with one attached hydrogen (secondary N) is 1. The molecule has 0 aromatic carbocycles. The van der Waals surface area contributed by atoms with Gasteiger partial charge in [-0.25, -0.2) is 9.97 Å². The summed E-state index contributed by atoms with van der Waals surface area (Å²) in [7, 11) is -0.725. The van der Waals surface area contributed by atoms with Crippen LogP contribution in [-0.2, 0) is 10.8 Å². The Labute approximate surface area is 99.5 Å². The average Bonchev–Trinajstić information content (AvgIpc) is 2.21. The number of hydrogen-bond acceptors (Lipinski definition) is 4. The topological polar surface area (TPSA) is 54.9 Å². The normalized spacial score (nSPS) is 12.4. The van der Waals surface area contributed by atoms with Gasteiger partial charge in [0.05, 0.1) is 0 Å². The van der Waals surface area contributed by atoms with Crippen LogP contribution in [0.3, 0.4) is 0 Å². The van der Waals surface area contributed by atoms with E-state index in [4.69, 9.17) is 0 Å². The van der Waals surface area contributed by atoms with Crippen LogP contribution in [0.2, 0.25) is 0 Å². The van der Waals surface area contributed by atoms with Crippen molar-refractivity contribution in [2.75, 3.05) is 23.4 Å². The van der Waals surface area contributed by atoms with Crippen LogP contribution in [0.4, 0.5) is 5.95 Å². The van der Waals surface area contributed by atoms with Crippen LogP contribution >= 0.6 is 22.6 Å². The Morgan fingerprint density at radius 1 is 1.50 bits per heavy atom. The lowest BCUT2D eigenvalue weighted by atomic mass is 10.6. The second-order valence-electron chi connectivity index (χ2n) is 2.58. The third kappa shape index (κ3) is 4.32. The van der Waals surface area contributed by atoms with Gasteiger partial charge in [-0.3, -0.25) is 4.21 Å². The second kappa shape index (κ2) is 6.28. The summed E-state index contributed by atoms with van der Waals surface area (Å²) in [4.78, 5) is 8.14. The highest BCUT2D eigenvalue weighted by Crippen LogP contribution is 2.02. The van der Waals surface area contributed by atoms with Crippen molar-refractivity contribution in [1.82, 2.24) is 9.97 Å². The Morgan fingerprint density at radius 2 is 2.14 bits per heavy atom. The maximum Gasteiger partial charge on any atom is 0.222 e. The predicted octanol–water partition coefficient (Wildman–Crippen LogP) is 1.26. The molecule has 1 aromatic heterocycles. The molecule has 14 heavy (non-hydrogen) atoms. The highest BCUT2D eigenvalue weighted by Gasteiger charge is 1.97. The van der Waals surface area contributed by atoms with Crippen LogP contribution in [0.25, 0.3) is 0 Å². The zero-order valence-electron chi connectivity index (χ0n) is 7.86. The first kappa shape index (κ1) is 11.8. The molecular formula is C8H12IN3OS. The van der Waals surface area contributed by atoms with Crippen molar-refractivity contribution in [3.05, 3.63) is 16.0 Å². The maximum absolute atomic E-state index is 11.1. The van der Waals surface area contributed by atoms with Gasteiger partial charge in [-0.2, -0.15) is 0 Å². The van der Waals surface area contributed by atoms with Crippen LogP contribution in [0.1, 0.15) is 6.92 Å². The minimum Gasteiger partial charge on any atom is -0.353 e. The van der Waals surface area contributed by atoms with E-state index in [9.17, 15) is 4.21 Å². The molecule has 6 heteroatoms. The average molecular weight is 325 g/mol. The SMILES string of the molecule is CCS(=O)CCNc1ncc(I)cn1. The van der Waals surface area contributed by atoms with E-state index in [0.29, 0.717) is 24.0 Å². The van der Waals surface area contributed by atoms with Gasteiger partial charge in [0.15, 0.2) is 0 Å². The third-order valence-corrected chi connectivity index (χ3v) is 3.42. The molecule has 1 N–H and O–H groups in total. The third-order valence-electron chi connectivity index (χ3n) is 1.56. The molecule has 0 radical (unpaired) electrons. The first-order valence-corrected chi connectivity index (χ1v) is 6.85. The van der Waals surface area contributed by atoms with E-state index >= 15 is 0 Å². The largest absolute Gasteiger partial charge is 0.353 e. The fraction of sp³-hybridized carbons (Fsp3) is 0.500. The van der Waals surface area contributed by atoms with Gasteiger partial charge in [0.2, 0.25) is 5.95 Å². The fourth-order valence-electron chi connectivity index (χ4n) is 0.825. The Hall–Kier alpha value is -0.240. The van der Waals surface area contributed by atoms with Crippen LogP contribution < -0.4 is 5.32 Å². The number of anilines is 1. The van der Waals surface area contributed by atoms with Crippen molar-refractivity contribution in [2.24, 2.45) is 0 Å². The number of hydrogen-bond donors (Lipinski definition) is 1. The van der Waals surface area contributed by atoms with Crippen molar-refractivity contribution >= 4 is 39.3 Å². The lowest BCUT2D eigenvalue weighted by molar-refractivity contribution is 0.684. The predicted molar refractivity (Wildman–Crippen MR) is 66.8 cm³/mol. The summed E-state index contributed by atoms with van der Waals surface area (Å²) in [5.74, 6) is 1.94. The molecule has 0 spiro atoms. The smallest absolute Gasteiger partial charge is 0.222 e. The molecule has 0 aliphatic rings. The summed E-state index contributed by atoms with van der Waals surface area (Å²) >= 11 is 2.15. The van der Waals surface area contributed by atoms with Gasteiger partial charge >= 0.3 is 0 Å². The summed E-state index contributed by atoms with van der Waals surface area (Å²) in [5, 5.41) is 3.02. The summed E-state index contributed by atoms with van der Waals surface area (Å²) < 4.78 is 12.1. The molecule has 0 amide bonds.